The van der Waals surface area contributed by atoms with E-state index in [1.165, 1.54) is 0 Å². The Kier molecular flexibility index (Phi) is 3.23. The third kappa shape index (κ3) is 2.49. The Labute approximate surface area is 97.9 Å². The van der Waals surface area contributed by atoms with Gasteiger partial charge in [-0.25, -0.2) is 4.98 Å². The molecule has 0 spiro atoms. The summed E-state index contributed by atoms with van der Waals surface area (Å²) in [4.78, 5) is 4.20. The fourth-order valence-electron chi connectivity index (χ4n) is 1.36. The van der Waals surface area contributed by atoms with Gasteiger partial charge in [0, 0.05) is 5.38 Å². The molecule has 0 bridgehead atoms. The van der Waals surface area contributed by atoms with Gasteiger partial charge in [-0.2, -0.15) is 0 Å². The van der Waals surface area contributed by atoms with Gasteiger partial charge in [0.05, 0.1) is 28.5 Å². The van der Waals surface area contributed by atoms with E-state index >= 15 is 0 Å². The second-order valence-electron chi connectivity index (χ2n) is 3.27. The van der Waals surface area contributed by atoms with Gasteiger partial charge in [0.25, 0.3) is 0 Å². The van der Waals surface area contributed by atoms with Gasteiger partial charge in [-0.1, -0.05) is 23.7 Å². The van der Waals surface area contributed by atoms with Gasteiger partial charge in [0.2, 0.25) is 0 Å². The third-order valence-electron chi connectivity index (χ3n) is 2.15. The first kappa shape index (κ1) is 10.5. The normalized spacial score (nSPS) is 10.3. The van der Waals surface area contributed by atoms with Crippen LogP contribution in [0.1, 0.15) is 11.3 Å². The Morgan fingerprint density at radius 1 is 1.47 bits per heavy atom. The molecule has 0 fully saturated rings. The highest BCUT2D eigenvalue weighted by atomic mass is 35.5. The Bertz CT molecular complexity index is 420. The molecule has 0 aliphatic heterocycles. The molecular weight excluding hydrogens is 228 g/mol. The number of aromatic nitrogens is 1. The lowest BCUT2D eigenvalue weighted by Gasteiger charge is -2.09. The second-order valence-corrected chi connectivity index (χ2v) is 4.39. The first-order chi connectivity index (χ1) is 7.27. The van der Waals surface area contributed by atoms with Gasteiger partial charge in [-0.05, 0) is 18.6 Å². The lowest BCUT2D eigenvalue weighted by atomic mass is 10.2. The van der Waals surface area contributed by atoms with E-state index in [9.17, 15) is 0 Å². The quantitative estimate of drug-likeness (QED) is 0.882. The lowest BCUT2D eigenvalue weighted by Crippen LogP contribution is -2.01. The summed E-state index contributed by atoms with van der Waals surface area (Å²) < 4.78 is 0. The van der Waals surface area contributed by atoms with Gasteiger partial charge in [-0.3, -0.25) is 0 Å². The molecular formula is C11H11ClN2S. The van der Waals surface area contributed by atoms with Gasteiger partial charge in [-0.15, -0.1) is 11.3 Å². The highest BCUT2D eigenvalue weighted by Crippen LogP contribution is 2.25. The Hall–Kier alpha value is -1.06. The van der Waals surface area contributed by atoms with Crippen molar-refractivity contribution in [2.24, 2.45) is 0 Å². The van der Waals surface area contributed by atoms with Crippen molar-refractivity contribution < 1.29 is 0 Å². The Morgan fingerprint density at radius 2 is 2.33 bits per heavy atom. The van der Waals surface area contributed by atoms with E-state index in [1.54, 1.807) is 11.3 Å². The molecule has 0 radical (unpaired) electrons. The number of rotatable bonds is 3. The molecule has 1 heterocycles. The molecule has 2 rings (SSSR count). The van der Waals surface area contributed by atoms with Crippen LogP contribution in [-0.2, 0) is 6.54 Å². The van der Waals surface area contributed by atoms with Crippen molar-refractivity contribution in [1.29, 1.82) is 0 Å². The van der Waals surface area contributed by atoms with Crippen LogP contribution in [0, 0.1) is 6.92 Å². The Balaban J connectivity index is 2.11. The van der Waals surface area contributed by atoms with E-state index in [0.717, 1.165) is 22.0 Å². The van der Waals surface area contributed by atoms with Crippen molar-refractivity contribution in [3.8, 4) is 0 Å². The first-order valence-corrected chi connectivity index (χ1v) is 5.95. The summed E-state index contributed by atoms with van der Waals surface area (Å²) in [6.45, 7) is 2.75. The fourth-order valence-corrected chi connectivity index (χ4v) is 2.21. The van der Waals surface area contributed by atoms with E-state index < -0.39 is 0 Å². The summed E-state index contributed by atoms with van der Waals surface area (Å²) in [5, 5.41) is 6.08. The summed E-state index contributed by atoms with van der Waals surface area (Å²) >= 11 is 7.69. The van der Waals surface area contributed by atoms with Crippen LogP contribution in [-0.4, -0.2) is 4.98 Å². The minimum atomic E-state index is 0.716. The van der Waals surface area contributed by atoms with Crippen LogP contribution in [0.15, 0.2) is 29.1 Å². The number of aryl methyl sites for hydroxylation is 1. The molecule has 1 aromatic heterocycles. The topological polar surface area (TPSA) is 24.9 Å². The van der Waals surface area contributed by atoms with Gasteiger partial charge >= 0.3 is 0 Å². The molecule has 15 heavy (non-hydrogen) atoms. The molecule has 0 unspecified atom stereocenters. The highest BCUT2D eigenvalue weighted by Gasteiger charge is 2.03. The largest absolute Gasteiger partial charge is 0.378 e. The van der Waals surface area contributed by atoms with Crippen molar-refractivity contribution in [2.75, 3.05) is 5.32 Å². The molecule has 78 valence electrons. The van der Waals surface area contributed by atoms with Gasteiger partial charge < -0.3 is 5.32 Å². The van der Waals surface area contributed by atoms with Crippen molar-refractivity contribution in [3.63, 3.8) is 0 Å². The van der Waals surface area contributed by atoms with E-state index in [4.69, 9.17) is 11.6 Å². The molecule has 0 saturated carbocycles. The number of thiazole rings is 1. The summed E-state index contributed by atoms with van der Waals surface area (Å²) in [6, 6.07) is 5.87. The molecule has 1 aromatic carbocycles. The van der Waals surface area contributed by atoms with Crippen LogP contribution >= 0.6 is 22.9 Å². The standard InChI is InChI=1S/C11H11ClN2S/c1-8-3-2-4-10(12)11(8)13-5-9-6-15-7-14-9/h2-4,6-7,13H,5H2,1H3. The average Bonchev–Trinajstić information content (AvgIpc) is 2.70. The predicted octanol–water partition coefficient (Wildman–Crippen LogP) is 3.72. The van der Waals surface area contributed by atoms with Crippen molar-refractivity contribution in [2.45, 2.75) is 13.5 Å². The van der Waals surface area contributed by atoms with Crippen LogP contribution in [0.25, 0.3) is 0 Å². The third-order valence-corrected chi connectivity index (χ3v) is 3.10. The number of benzene rings is 1. The number of para-hydroxylation sites is 1. The number of hydrogen-bond donors (Lipinski definition) is 1. The van der Waals surface area contributed by atoms with Crippen molar-refractivity contribution in [3.05, 3.63) is 45.4 Å². The maximum Gasteiger partial charge on any atom is 0.0795 e. The van der Waals surface area contributed by atoms with Gasteiger partial charge in [0.1, 0.15) is 0 Å². The molecule has 2 nitrogen and oxygen atoms in total. The van der Waals surface area contributed by atoms with Crippen molar-refractivity contribution in [1.82, 2.24) is 4.98 Å². The van der Waals surface area contributed by atoms with Gasteiger partial charge in [0.15, 0.2) is 0 Å². The predicted molar refractivity (Wildman–Crippen MR) is 65.6 cm³/mol. The maximum absolute atomic E-state index is 6.09. The average molecular weight is 239 g/mol. The second kappa shape index (κ2) is 4.64. The minimum absolute atomic E-state index is 0.716. The smallest absolute Gasteiger partial charge is 0.0795 e. The number of hydrogen-bond acceptors (Lipinski definition) is 3. The summed E-state index contributed by atoms with van der Waals surface area (Å²) in [6.07, 6.45) is 0. The summed E-state index contributed by atoms with van der Waals surface area (Å²) in [5.74, 6) is 0. The van der Waals surface area contributed by atoms with Crippen molar-refractivity contribution >= 4 is 28.6 Å². The lowest BCUT2D eigenvalue weighted by molar-refractivity contribution is 1.07. The molecule has 2 aromatic rings. The molecule has 0 atom stereocenters. The van der Waals surface area contributed by atoms with E-state index in [2.05, 4.69) is 10.3 Å². The van der Waals surface area contributed by atoms with Crippen LogP contribution in [0.3, 0.4) is 0 Å². The van der Waals surface area contributed by atoms with Crippen LogP contribution < -0.4 is 5.32 Å². The minimum Gasteiger partial charge on any atom is -0.378 e. The first-order valence-electron chi connectivity index (χ1n) is 4.63. The molecule has 0 amide bonds. The monoisotopic (exact) mass is 238 g/mol. The molecule has 4 heteroatoms. The van der Waals surface area contributed by atoms with Crippen LogP contribution in [0.2, 0.25) is 5.02 Å². The zero-order valence-electron chi connectivity index (χ0n) is 8.33. The summed E-state index contributed by atoms with van der Waals surface area (Å²) in [5.41, 5.74) is 5.01. The molecule has 1 N–H and O–H groups in total. The number of nitrogens with one attached hydrogen (secondary N) is 1. The SMILES string of the molecule is Cc1cccc(Cl)c1NCc1cscn1. The number of halogens is 1. The molecule has 0 aliphatic carbocycles. The van der Waals surface area contributed by atoms with Crippen LogP contribution in [0.5, 0.6) is 0 Å². The highest BCUT2D eigenvalue weighted by molar-refractivity contribution is 7.07. The van der Waals surface area contributed by atoms with E-state index in [0.29, 0.717) is 6.54 Å². The summed E-state index contributed by atoms with van der Waals surface area (Å²) in [7, 11) is 0. The fraction of sp³-hybridized carbons (Fsp3) is 0.182. The van der Waals surface area contributed by atoms with E-state index in [-0.39, 0.29) is 0 Å². The van der Waals surface area contributed by atoms with Crippen LogP contribution in [0.4, 0.5) is 5.69 Å². The Morgan fingerprint density at radius 3 is 3.00 bits per heavy atom. The number of anilines is 1. The zero-order chi connectivity index (χ0) is 10.7. The number of nitrogens with zero attached hydrogens (tertiary/aromatic N) is 1. The molecule has 0 saturated heterocycles. The van der Waals surface area contributed by atoms with E-state index in [1.807, 2.05) is 36.0 Å². The zero-order valence-corrected chi connectivity index (χ0v) is 9.90. The maximum atomic E-state index is 6.09. The molecule has 0 aliphatic rings.